The second-order valence-electron chi connectivity index (χ2n) is 7.42. The predicted octanol–water partition coefficient (Wildman–Crippen LogP) is 4.98. The van der Waals surface area contributed by atoms with Gasteiger partial charge < -0.3 is 19.8 Å². The van der Waals surface area contributed by atoms with Gasteiger partial charge in [0, 0.05) is 33.6 Å². The van der Waals surface area contributed by atoms with Crippen LogP contribution in [0.15, 0.2) is 64.4 Å². The molecule has 0 bridgehead atoms. The molecule has 0 aliphatic carbocycles. The third-order valence-electron chi connectivity index (χ3n) is 5.16. The molecule has 1 unspecified atom stereocenters. The molecular formula is C23H24ClNO5S. The van der Waals surface area contributed by atoms with E-state index in [1.165, 1.54) is 28.2 Å². The van der Waals surface area contributed by atoms with Gasteiger partial charge in [0.2, 0.25) is 0 Å². The SMILES string of the molecule is CN1CCC(C2Oc3ccccc3Sc3ccc(Cl)cc32)CC1.O=C(O)/C=C/C(=O)O. The highest BCUT2D eigenvalue weighted by atomic mass is 35.5. The lowest BCUT2D eigenvalue weighted by atomic mass is 9.87. The van der Waals surface area contributed by atoms with Gasteiger partial charge in [-0.15, -0.1) is 0 Å². The highest BCUT2D eigenvalue weighted by Crippen LogP contribution is 2.47. The molecule has 0 spiro atoms. The molecule has 0 amide bonds. The molecule has 2 aliphatic rings. The first-order valence-electron chi connectivity index (χ1n) is 9.89. The summed E-state index contributed by atoms with van der Waals surface area (Å²) in [5, 5.41) is 16.4. The van der Waals surface area contributed by atoms with Gasteiger partial charge in [0.25, 0.3) is 0 Å². The number of nitrogens with zero attached hydrogens (tertiary/aromatic N) is 1. The highest BCUT2D eigenvalue weighted by molar-refractivity contribution is 7.99. The van der Waals surface area contributed by atoms with Crippen molar-refractivity contribution in [2.75, 3.05) is 20.1 Å². The minimum Gasteiger partial charge on any atom is -0.484 e. The smallest absolute Gasteiger partial charge is 0.328 e. The lowest BCUT2D eigenvalue weighted by Gasteiger charge is -2.34. The number of carboxylic acid groups (broad SMARTS) is 2. The first kappa shape index (κ1) is 23.2. The maximum atomic E-state index is 9.55. The van der Waals surface area contributed by atoms with E-state index in [9.17, 15) is 9.59 Å². The number of benzene rings is 2. The zero-order chi connectivity index (χ0) is 22.4. The normalized spacial score (nSPS) is 18.7. The van der Waals surface area contributed by atoms with E-state index in [4.69, 9.17) is 26.6 Å². The Labute approximate surface area is 190 Å². The molecule has 2 aromatic rings. The van der Waals surface area contributed by atoms with Crippen LogP contribution in [0.4, 0.5) is 0 Å². The topological polar surface area (TPSA) is 87.1 Å². The number of piperidine rings is 1. The van der Waals surface area contributed by atoms with E-state index in [0.717, 1.165) is 23.9 Å². The number of rotatable bonds is 3. The maximum Gasteiger partial charge on any atom is 0.328 e. The zero-order valence-corrected chi connectivity index (χ0v) is 18.6. The van der Waals surface area contributed by atoms with E-state index in [1.807, 2.05) is 12.1 Å². The molecule has 2 aromatic carbocycles. The number of para-hydroxylation sites is 1. The van der Waals surface area contributed by atoms with Gasteiger partial charge in [0.1, 0.15) is 11.9 Å². The average molecular weight is 462 g/mol. The Morgan fingerprint density at radius 1 is 1.06 bits per heavy atom. The molecule has 2 aliphatic heterocycles. The number of hydrogen-bond donors (Lipinski definition) is 2. The van der Waals surface area contributed by atoms with Crippen LogP contribution in [0.3, 0.4) is 0 Å². The quantitative estimate of drug-likeness (QED) is 0.623. The average Bonchev–Trinajstić information content (AvgIpc) is 2.90. The fraction of sp³-hybridized carbons (Fsp3) is 0.304. The molecule has 0 aromatic heterocycles. The van der Waals surface area contributed by atoms with E-state index in [2.05, 4.69) is 42.3 Å². The van der Waals surface area contributed by atoms with Crippen molar-refractivity contribution in [2.45, 2.75) is 28.7 Å². The molecule has 31 heavy (non-hydrogen) atoms. The third-order valence-corrected chi connectivity index (χ3v) is 6.55. The fourth-order valence-corrected chi connectivity index (χ4v) is 4.82. The Bertz CT molecular complexity index is 956. The third kappa shape index (κ3) is 6.50. The van der Waals surface area contributed by atoms with Crippen LogP contribution in [-0.4, -0.2) is 47.2 Å². The van der Waals surface area contributed by atoms with Crippen LogP contribution in [0.1, 0.15) is 24.5 Å². The van der Waals surface area contributed by atoms with Crippen LogP contribution in [0, 0.1) is 5.92 Å². The summed E-state index contributed by atoms with van der Waals surface area (Å²) in [6.45, 7) is 2.27. The summed E-state index contributed by atoms with van der Waals surface area (Å²) in [6.07, 6.45) is 3.54. The second-order valence-corrected chi connectivity index (χ2v) is 8.94. The van der Waals surface area contributed by atoms with Gasteiger partial charge in [-0.25, -0.2) is 9.59 Å². The number of carboxylic acids is 2. The van der Waals surface area contributed by atoms with Crippen LogP contribution in [0.5, 0.6) is 5.75 Å². The standard InChI is InChI=1S/C19H20ClNOS.C4H4O4/c1-21-10-8-13(9-11-21)19-15-12-14(20)6-7-17(15)23-18-5-3-2-4-16(18)22-19;5-3(6)1-2-4(7)8/h2-7,12-13,19H,8-11H2,1H3;1-2H,(H,5,6)(H,7,8)/b;2-1+. The monoisotopic (exact) mass is 461 g/mol. The van der Waals surface area contributed by atoms with E-state index in [1.54, 1.807) is 11.8 Å². The molecular weight excluding hydrogens is 438 g/mol. The van der Waals surface area contributed by atoms with Crippen molar-refractivity contribution in [3.05, 3.63) is 65.2 Å². The highest BCUT2D eigenvalue weighted by Gasteiger charge is 2.32. The molecule has 8 heteroatoms. The lowest BCUT2D eigenvalue weighted by Crippen LogP contribution is -2.34. The Kier molecular flexibility index (Phi) is 8.01. The van der Waals surface area contributed by atoms with Crippen molar-refractivity contribution in [3.63, 3.8) is 0 Å². The van der Waals surface area contributed by atoms with Gasteiger partial charge >= 0.3 is 11.9 Å². The van der Waals surface area contributed by atoms with Crippen LogP contribution in [0.25, 0.3) is 0 Å². The van der Waals surface area contributed by atoms with E-state index in [-0.39, 0.29) is 6.10 Å². The molecule has 2 heterocycles. The molecule has 1 saturated heterocycles. The van der Waals surface area contributed by atoms with Crippen LogP contribution in [-0.2, 0) is 9.59 Å². The van der Waals surface area contributed by atoms with Crippen LogP contribution >= 0.6 is 23.4 Å². The van der Waals surface area contributed by atoms with E-state index < -0.39 is 11.9 Å². The van der Waals surface area contributed by atoms with Crippen molar-refractivity contribution in [1.82, 2.24) is 4.90 Å². The summed E-state index contributed by atoms with van der Waals surface area (Å²) in [5.74, 6) is -0.983. The molecule has 2 N–H and O–H groups in total. The maximum absolute atomic E-state index is 9.55. The van der Waals surface area contributed by atoms with Crippen LogP contribution in [0.2, 0.25) is 5.02 Å². The van der Waals surface area contributed by atoms with Crippen molar-refractivity contribution in [2.24, 2.45) is 5.92 Å². The Hall–Kier alpha value is -2.48. The van der Waals surface area contributed by atoms with Crippen molar-refractivity contribution >= 4 is 35.3 Å². The summed E-state index contributed by atoms with van der Waals surface area (Å²) >= 11 is 8.08. The molecule has 164 valence electrons. The first-order chi connectivity index (χ1) is 14.8. The van der Waals surface area contributed by atoms with Gasteiger partial charge in [-0.1, -0.05) is 35.5 Å². The lowest BCUT2D eigenvalue weighted by molar-refractivity contribution is -0.134. The van der Waals surface area contributed by atoms with Gasteiger partial charge in [0.15, 0.2) is 0 Å². The number of likely N-dealkylation sites (tertiary alicyclic amines) is 1. The Morgan fingerprint density at radius 3 is 2.35 bits per heavy atom. The molecule has 4 rings (SSSR count). The van der Waals surface area contributed by atoms with Gasteiger partial charge in [0.05, 0.1) is 4.90 Å². The van der Waals surface area contributed by atoms with Gasteiger partial charge in [-0.3, -0.25) is 0 Å². The number of hydrogen-bond acceptors (Lipinski definition) is 5. The van der Waals surface area contributed by atoms with Gasteiger partial charge in [-0.2, -0.15) is 0 Å². The summed E-state index contributed by atoms with van der Waals surface area (Å²) in [5.41, 5.74) is 1.24. The van der Waals surface area contributed by atoms with Crippen molar-refractivity contribution in [1.29, 1.82) is 0 Å². The van der Waals surface area contributed by atoms with E-state index >= 15 is 0 Å². The summed E-state index contributed by atoms with van der Waals surface area (Å²) in [7, 11) is 2.19. The molecule has 0 saturated carbocycles. The fourth-order valence-electron chi connectivity index (χ4n) is 3.61. The molecule has 1 fully saturated rings. The summed E-state index contributed by atoms with van der Waals surface area (Å²) < 4.78 is 6.52. The first-order valence-corrected chi connectivity index (χ1v) is 11.1. The largest absolute Gasteiger partial charge is 0.484 e. The van der Waals surface area contributed by atoms with E-state index in [0.29, 0.717) is 18.1 Å². The number of fused-ring (bicyclic) bond motifs is 2. The predicted molar refractivity (Wildman–Crippen MR) is 120 cm³/mol. The summed E-state index contributed by atoms with van der Waals surface area (Å²) in [6, 6.07) is 14.5. The minimum absolute atomic E-state index is 0.0912. The van der Waals surface area contributed by atoms with Gasteiger partial charge in [-0.05, 0) is 63.3 Å². The molecule has 1 atom stereocenters. The summed E-state index contributed by atoms with van der Waals surface area (Å²) in [4.78, 5) is 24.0. The molecule has 0 radical (unpaired) electrons. The number of carbonyl (C=O) groups is 2. The van der Waals surface area contributed by atoms with Crippen LogP contribution < -0.4 is 4.74 Å². The minimum atomic E-state index is -1.26. The number of halogens is 1. The van der Waals surface area contributed by atoms with Crippen molar-refractivity contribution in [3.8, 4) is 5.75 Å². The Balaban J connectivity index is 0.000000293. The van der Waals surface area contributed by atoms with Crippen molar-refractivity contribution < 1.29 is 24.5 Å². The Morgan fingerprint density at radius 2 is 1.71 bits per heavy atom. The number of ether oxygens (including phenoxy) is 1. The molecule has 6 nitrogen and oxygen atoms in total. The second kappa shape index (κ2) is 10.7. The zero-order valence-electron chi connectivity index (χ0n) is 17.0. The number of aliphatic carboxylic acids is 2.